The van der Waals surface area contributed by atoms with Gasteiger partial charge in [0.05, 0.1) is 127 Å². The summed E-state index contributed by atoms with van der Waals surface area (Å²) in [6.07, 6.45) is -2.99. The van der Waals surface area contributed by atoms with Crippen molar-refractivity contribution in [2.24, 2.45) is 5.92 Å². The SMILES string of the molecule is CC(C)C(c1cc(-c2cnc(N)cc2C(F)(F)F)nc(N2CCOCC2)n1)S(C)(=O)=O.CS(=O)(=O)C1(c2cc(-c3cnc(N)cc3C(F)(F)F)nc(N3CCOCC3)n2)CCCC1.CS(=O)(=O)C1(c2cc(-c3cnc(N)cc3C(F)(F)F)nc(N3CCOCC3)n2)CCCCC1.C[C@H]1COCCN1c1nc(-c2cnc(N)cc2C(F)(F)F)cc(C2(S(C)(=O)=O)CCCC2)n1. The Bertz CT molecular complexity index is 5860. The van der Waals surface area contributed by atoms with Gasteiger partial charge in [-0.2, -0.15) is 52.7 Å². The number of aromatic nitrogens is 12. The second-order valence-electron chi connectivity index (χ2n) is 33.1. The molecule has 48 heteroatoms. The molecule has 0 amide bonds. The highest BCUT2D eigenvalue weighted by atomic mass is 32.2. The molecule has 0 radical (unpaired) electrons. The van der Waals surface area contributed by atoms with E-state index in [1.807, 2.05) is 11.8 Å². The normalized spacial score (nSPS) is 19.2. The minimum atomic E-state index is -4.70. The Kier molecular flexibility index (Phi) is 29.3. The molecule has 2 atom stereocenters. The molecule has 3 saturated carbocycles. The van der Waals surface area contributed by atoms with Gasteiger partial charge in [0.2, 0.25) is 23.8 Å². The fourth-order valence-electron chi connectivity index (χ4n) is 17.2. The molecule has 15 rings (SSSR count). The van der Waals surface area contributed by atoms with E-state index in [-0.39, 0.29) is 127 Å². The van der Waals surface area contributed by atoms with Crippen LogP contribution in [0.3, 0.4) is 0 Å². The van der Waals surface area contributed by atoms with E-state index in [9.17, 15) is 86.4 Å². The van der Waals surface area contributed by atoms with Crippen LogP contribution in [0.5, 0.6) is 0 Å². The zero-order chi connectivity index (χ0) is 94.0. The van der Waals surface area contributed by atoms with Crippen LogP contribution < -0.4 is 42.5 Å². The van der Waals surface area contributed by atoms with Crippen LogP contribution in [0.1, 0.15) is 155 Å². The van der Waals surface area contributed by atoms with Crippen molar-refractivity contribution in [3.8, 4) is 45.0 Å². The highest BCUT2D eigenvalue weighted by molar-refractivity contribution is 7.92. The summed E-state index contributed by atoms with van der Waals surface area (Å²) in [5.74, 6) is -0.762. The Morgan fingerprint density at radius 1 is 0.364 bits per heavy atom. The van der Waals surface area contributed by atoms with Gasteiger partial charge < -0.3 is 61.5 Å². The first kappa shape index (κ1) is 98.2. The van der Waals surface area contributed by atoms with Crippen LogP contribution in [-0.4, -0.2) is 223 Å². The van der Waals surface area contributed by atoms with Crippen molar-refractivity contribution in [1.82, 2.24) is 59.8 Å². The first-order valence-corrected chi connectivity index (χ1v) is 49.0. The Morgan fingerprint density at radius 2 is 0.628 bits per heavy atom. The summed E-state index contributed by atoms with van der Waals surface area (Å²) in [6.45, 7) is 11.7. The van der Waals surface area contributed by atoms with Crippen LogP contribution in [0, 0.1) is 5.92 Å². The first-order valence-electron chi connectivity index (χ1n) is 41.3. The third-order valence-electron chi connectivity index (χ3n) is 23.8. The quantitative estimate of drug-likeness (QED) is 0.0615. The number of sulfone groups is 4. The zero-order valence-electron chi connectivity index (χ0n) is 71.5. The number of morpholine rings is 4. The fourth-order valence-corrected chi connectivity index (χ4v) is 23.3. The number of nitrogens with two attached hydrogens (primary N) is 4. The number of ether oxygens (including phenoxy) is 4. The average molecular weight is 1900 g/mol. The number of nitrogen functional groups attached to an aromatic ring is 4. The molecule has 8 N–H and O–H groups in total. The average Bonchev–Trinajstić information content (AvgIpc) is 1.74. The van der Waals surface area contributed by atoms with E-state index in [4.69, 9.17) is 41.9 Å². The van der Waals surface area contributed by atoms with E-state index in [2.05, 4.69) is 59.8 Å². The number of alkyl halides is 12. The predicted molar refractivity (Wildman–Crippen MR) is 457 cm³/mol. The summed E-state index contributed by atoms with van der Waals surface area (Å²) >= 11 is 0. The molecule has 0 spiro atoms. The Hall–Kier alpha value is -9.88. The van der Waals surface area contributed by atoms with Gasteiger partial charge >= 0.3 is 24.7 Å². The van der Waals surface area contributed by atoms with Crippen LogP contribution >= 0.6 is 0 Å². The molecule has 7 fully saturated rings. The largest absolute Gasteiger partial charge is 0.417 e. The van der Waals surface area contributed by atoms with Crippen molar-refractivity contribution < 1.29 is 105 Å². The summed E-state index contributed by atoms with van der Waals surface area (Å²) in [5, 5.41) is -1.01. The Labute approximate surface area is 737 Å². The maximum absolute atomic E-state index is 13.8. The number of rotatable bonds is 17. The van der Waals surface area contributed by atoms with Crippen molar-refractivity contribution >= 4 is 86.4 Å². The van der Waals surface area contributed by atoms with E-state index in [0.717, 1.165) is 74.2 Å². The molecule has 3 aliphatic carbocycles. The van der Waals surface area contributed by atoms with Gasteiger partial charge in [0.25, 0.3) is 0 Å². The molecular formula is C81H100F12N20O12S4. The van der Waals surface area contributed by atoms with Crippen LogP contribution in [0.15, 0.2) is 73.3 Å². The van der Waals surface area contributed by atoms with Gasteiger partial charge in [-0.3, -0.25) is 0 Å². The van der Waals surface area contributed by atoms with Crippen molar-refractivity contribution in [2.45, 2.75) is 154 Å². The van der Waals surface area contributed by atoms with E-state index in [1.165, 1.54) is 30.5 Å². The predicted octanol–water partition coefficient (Wildman–Crippen LogP) is 11.9. The number of halogens is 12. The molecule has 8 aromatic rings. The molecule has 4 saturated heterocycles. The molecule has 8 aromatic heterocycles. The number of anilines is 8. The highest BCUT2D eigenvalue weighted by Crippen LogP contribution is 2.51. The minimum absolute atomic E-state index is 0.0325. The van der Waals surface area contributed by atoms with Gasteiger partial charge in [-0.25, -0.2) is 93.5 Å². The summed E-state index contributed by atoms with van der Waals surface area (Å²) in [7, 11) is -14.4. The van der Waals surface area contributed by atoms with E-state index in [0.29, 0.717) is 176 Å². The lowest BCUT2D eigenvalue weighted by atomic mass is 9.85. The van der Waals surface area contributed by atoms with Gasteiger partial charge in [-0.1, -0.05) is 58.8 Å². The number of hydrogen-bond acceptors (Lipinski definition) is 32. The second kappa shape index (κ2) is 38.5. The Morgan fingerprint density at radius 3 is 0.899 bits per heavy atom. The fraction of sp³-hybridized carbons (Fsp3) is 0.556. The Balaban J connectivity index is 0.000000156. The number of pyridine rings is 4. The molecule has 4 aliphatic heterocycles. The van der Waals surface area contributed by atoms with Crippen LogP contribution in [0.25, 0.3) is 45.0 Å². The van der Waals surface area contributed by atoms with Crippen molar-refractivity contribution in [2.75, 3.05) is 166 Å². The minimum Gasteiger partial charge on any atom is -0.384 e. The maximum atomic E-state index is 13.8. The van der Waals surface area contributed by atoms with Gasteiger partial charge in [0.1, 0.15) is 42.8 Å². The van der Waals surface area contributed by atoms with Crippen molar-refractivity contribution in [1.29, 1.82) is 0 Å². The number of nitrogens with zero attached hydrogens (tertiary/aromatic N) is 16. The lowest BCUT2D eigenvalue weighted by Crippen LogP contribution is -2.45. The van der Waals surface area contributed by atoms with Gasteiger partial charge in [-0.15, -0.1) is 0 Å². The summed E-state index contributed by atoms with van der Waals surface area (Å²) in [6, 6.07) is 8.27. The smallest absolute Gasteiger partial charge is 0.384 e. The monoisotopic (exact) mass is 1900 g/mol. The van der Waals surface area contributed by atoms with Crippen molar-refractivity contribution in [3.63, 3.8) is 0 Å². The van der Waals surface area contributed by atoms with Crippen LogP contribution in [-0.2, 0) is 97.2 Å². The molecule has 0 bridgehead atoms. The molecule has 0 aromatic carbocycles. The molecule has 7 aliphatic rings. The topological polar surface area (TPSA) is 445 Å². The van der Waals surface area contributed by atoms with Gasteiger partial charge in [0, 0.05) is 118 Å². The summed E-state index contributed by atoms with van der Waals surface area (Å²) < 4.78 is 286. The second-order valence-corrected chi connectivity index (χ2v) is 42.2. The third-order valence-corrected chi connectivity index (χ3v) is 31.6. The first-order chi connectivity index (χ1) is 60.3. The molecule has 32 nitrogen and oxygen atoms in total. The lowest BCUT2D eigenvalue weighted by molar-refractivity contribution is -0.137. The van der Waals surface area contributed by atoms with Crippen LogP contribution in [0.4, 0.5) is 99.7 Å². The van der Waals surface area contributed by atoms with Gasteiger partial charge in [0.15, 0.2) is 39.3 Å². The molecule has 1 unspecified atom stereocenters. The molecule has 12 heterocycles. The van der Waals surface area contributed by atoms with E-state index < -0.39 is 106 Å². The van der Waals surface area contributed by atoms with E-state index in [1.54, 1.807) is 28.5 Å². The summed E-state index contributed by atoms with van der Waals surface area (Å²) in [4.78, 5) is 58.3. The summed E-state index contributed by atoms with van der Waals surface area (Å²) in [5.41, 5.74) is 17.6. The molecular weight excluding hydrogens is 1800 g/mol. The number of hydrogen-bond donors (Lipinski definition) is 4. The maximum Gasteiger partial charge on any atom is 0.417 e. The van der Waals surface area contributed by atoms with Crippen LogP contribution in [0.2, 0.25) is 0 Å². The van der Waals surface area contributed by atoms with Crippen molar-refractivity contribution in [3.05, 3.63) is 118 Å². The van der Waals surface area contributed by atoms with E-state index >= 15 is 0 Å². The molecule has 129 heavy (non-hydrogen) atoms. The van der Waals surface area contributed by atoms with Gasteiger partial charge in [-0.05, 0) is 99.9 Å². The standard InChI is InChI=1S/2C21H26F3N5O3S.C20H24F3N5O3S.C19H24F3N5O3S/c1-13-12-32-8-7-29(13)19-27-16(14-11-26-18(25)9-15(14)21(22,23)24)10-17(28-19)20(33(2,30)31)5-3-4-6-20;1-33(30,31)20(5-3-2-4-6-20)17-12-16(27-19(28-17)29-7-9-32-10-8-29)14-13-26-18(25)11-15(14)21(22,23)24;1-32(29,30)19(4-2-3-5-19)16-11-15(26-18(27-16)28-6-8-31-9-7-28)13-12-25-17(24)10-14(13)20(21,22)23;1-11(2)17(31(3,28)29)15-9-14(25-18(26-15)27-4-6-30-7-5-27)12-10-24-16(23)8-13(12)19(20,21)22/h9-11,13H,3-8,12H2,1-2H3,(H2,25,26);11-13H,2-10H2,1H3,(H2,25,26);10-12H,2-9H2,1H3,(H2,24,25);8-11,17H,4-7H2,1-3H3,(H2,23,24)/t13-;;;/m0.../s1. The highest BCUT2D eigenvalue weighted by Gasteiger charge is 2.51. The zero-order valence-corrected chi connectivity index (χ0v) is 74.8. The third kappa shape index (κ3) is 22.2. The lowest BCUT2D eigenvalue weighted by Gasteiger charge is -2.36. The molecule has 704 valence electrons.